The lowest BCUT2D eigenvalue weighted by atomic mass is 10.3. The molecule has 0 spiro atoms. The molecule has 1 aromatic carbocycles. The molecule has 0 radical (unpaired) electrons. The fourth-order valence-electron chi connectivity index (χ4n) is 0.894. The molecule has 0 saturated carbocycles. The second kappa shape index (κ2) is 5.14. The van der Waals surface area contributed by atoms with Gasteiger partial charge in [0.25, 0.3) is 0 Å². The van der Waals surface area contributed by atoms with E-state index in [-0.39, 0.29) is 6.67 Å². The van der Waals surface area contributed by atoms with Gasteiger partial charge in [-0.05, 0) is 34.5 Å². The smallest absolute Gasteiger partial charge is 0.0911 e. The van der Waals surface area contributed by atoms with Crippen LogP contribution in [0.2, 0.25) is 0 Å². The zero-order valence-electron chi connectivity index (χ0n) is 6.69. The summed E-state index contributed by atoms with van der Waals surface area (Å²) in [5.74, 6) is 0. The molecule has 0 unspecified atom stereocenters. The molecule has 1 N–H and O–H groups in total. The lowest BCUT2D eigenvalue weighted by Gasteiger charge is -2.05. The Morgan fingerprint density at radius 2 is 2.08 bits per heavy atom. The van der Waals surface area contributed by atoms with E-state index < -0.39 is 0 Å². The number of halogens is 2. The summed E-state index contributed by atoms with van der Waals surface area (Å²) in [6, 6.07) is 7.81. The minimum absolute atomic E-state index is 0.266. The molecule has 0 aliphatic rings. The minimum atomic E-state index is -0.266. The van der Waals surface area contributed by atoms with E-state index in [1.807, 2.05) is 24.3 Å². The molecule has 0 aliphatic heterocycles. The first-order chi connectivity index (χ1) is 5.84. The van der Waals surface area contributed by atoms with Crippen molar-refractivity contribution in [1.82, 2.24) is 0 Å². The van der Waals surface area contributed by atoms with Crippen molar-refractivity contribution in [3.63, 3.8) is 0 Å². The van der Waals surface area contributed by atoms with Crippen LogP contribution < -0.4 is 5.32 Å². The average molecular weight is 232 g/mol. The SMILES string of the molecule is FCCCNc1ccccc1Br. The van der Waals surface area contributed by atoms with Crippen molar-refractivity contribution in [2.45, 2.75) is 6.42 Å². The maximum Gasteiger partial charge on any atom is 0.0911 e. The van der Waals surface area contributed by atoms with E-state index in [4.69, 9.17) is 0 Å². The van der Waals surface area contributed by atoms with Gasteiger partial charge >= 0.3 is 0 Å². The quantitative estimate of drug-likeness (QED) is 0.786. The predicted octanol–water partition coefficient (Wildman–Crippen LogP) is 3.22. The molecule has 0 saturated heterocycles. The standard InChI is InChI=1S/C9H11BrFN/c10-8-4-1-2-5-9(8)12-7-3-6-11/h1-2,4-5,12H,3,6-7H2. The number of benzene rings is 1. The highest BCUT2D eigenvalue weighted by Gasteiger charge is 1.95. The largest absolute Gasteiger partial charge is 0.384 e. The van der Waals surface area contributed by atoms with E-state index in [1.165, 1.54) is 0 Å². The first-order valence-corrected chi connectivity index (χ1v) is 4.68. The van der Waals surface area contributed by atoms with Gasteiger partial charge in [0.05, 0.1) is 6.67 Å². The number of hydrogen-bond donors (Lipinski definition) is 1. The van der Waals surface area contributed by atoms with E-state index in [1.54, 1.807) is 0 Å². The summed E-state index contributed by atoms with van der Waals surface area (Å²) >= 11 is 3.39. The second-order valence-electron chi connectivity index (χ2n) is 2.45. The number of alkyl halides is 1. The molecule has 1 aromatic rings. The Hall–Kier alpha value is -0.570. The van der Waals surface area contributed by atoms with Crippen molar-refractivity contribution in [1.29, 1.82) is 0 Å². The number of rotatable bonds is 4. The molecule has 0 amide bonds. The first kappa shape index (κ1) is 9.52. The summed E-state index contributed by atoms with van der Waals surface area (Å²) in [5.41, 5.74) is 1.02. The van der Waals surface area contributed by atoms with Crippen LogP contribution in [-0.2, 0) is 0 Å². The van der Waals surface area contributed by atoms with Crippen molar-refractivity contribution in [3.8, 4) is 0 Å². The Labute approximate surface area is 80.1 Å². The van der Waals surface area contributed by atoms with Gasteiger partial charge < -0.3 is 5.32 Å². The van der Waals surface area contributed by atoms with Crippen LogP contribution in [0.25, 0.3) is 0 Å². The van der Waals surface area contributed by atoms with Crippen molar-refractivity contribution >= 4 is 21.6 Å². The molecule has 66 valence electrons. The number of hydrogen-bond acceptors (Lipinski definition) is 1. The molecule has 0 aliphatic carbocycles. The van der Waals surface area contributed by atoms with Crippen molar-refractivity contribution in [2.24, 2.45) is 0 Å². The summed E-state index contributed by atoms with van der Waals surface area (Å²) in [7, 11) is 0. The molecule has 1 rings (SSSR count). The molecular formula is C9H11BrFN. The van der Waals surface area contributed by atoms with Gasteiger partial charge in [0.15, 0.2) is 0 Å². The Balaban J connectivity index is 2.46. The van der Waals surface area contributed by atoms with E-state index in [0.717, 1.165) is 10.2 Å². The molecule has 1 nitrogen and oxygen atoms in total. The molecular weight excluding hydrogens is 221 g/mol. The van der Waals surface area contributed by atoms with E-state index in [0.29, 0.717) is 13.0 Å². The number of para-hydroxylation sites is 1. The molecule has 0 bridgehead atoms. The van der Waals surface area contributed by atoms with Crippen LogP contribution in [0.1, 0.15) is 6.42 Å². The summed E-state index contributed by atoms with van der Waals surface area (Å²) in [4.78, 5) is 0. The molecule has 0 aromatic heterocycles. The Kier molecular flexibility index (Phi) is 4.08. The van der Waals surface area contributed by atoms with Gasteiger partial charge in [-0.1, -0.05) is 12.1 Å². The van der Waals surface area contributed by atoms with Gasteiger partial charge in [-0.3, -0.25) is 4.39 Å². The highest BCUT2D eigenvalue weighted by molar-refractivity contribution is 9.10. The van der Waals surface area contributed by atoms with Crippen molar-refractivity contribution in [2.75, 3.05) is 18.5 Å². The summed E-state index contributed by atoms with van der Waals surface area (Å²) in [6.45, 7) is 0.413. The lowest BCUT2D eigenvalue weighted by Crippen LogP contribution is -2.02. The maximum atomic E-state index is 11.7. The minimum Gasteiger partial charge on any atom is -0.384 e. The van der Waals surface area contributed by atoms with Gasteiger partial charge in [-0.2, -0.15) is 0 Å². The van der Waals surface area contributed by atoms with Gasteiger partial charge in [0.1, 0.15) is 0 Å². The topological polar surface area (TPSA) is 12.0 Å². The molecule has 0 heterocycles. The fourth-order valence-corrected chi connectivity index (χ4v) is 1.32. The van der Waals surface area contributed by atoms with E-state index in [9.17, 15) is 4.39 Å². The van der Waals surface area contributed by atoms with Gasteiger partial charge in [0, 0.05) is 16.7 Å². The maximum absolute atomic E-state index is 11.7. The Morgan fingerprint density at radius 3 is 2.75 bits per heavy atom. The Bertz CT molecular complexity index is 240. The second-order valence-corrected chi connectivity index (χ2v) is 3.30. The third kappa shape index (κ3) is 2.81. The van der Waals surface area contributed by atoms with Crippen LogP contribution in [0.15, 0.2) is 28.7 Å². The van der Waals surface area contributed by atoms with Gasteiger partial charge in [-0.25, -0.2) is 0 Å². The highest BCUT2D eigenvalue weighted by Crippen LogP contribution is 2.20. The lowest BCUT2D eigenvalue weighted by molar-refractivity contribution is 0.481. The molecule has 0 atom stereocenters. The normalized spacial score (nSPS) is 9.83. The van der Waals surface area contributed by atoms with Crippen LogP contribution in [0.3, 0.4) is 0 Å². The van der Waals surface area contributed by atoms with E-state index in [2.05, 4.69) is 21.2 Å². The highest BCUT2D eigenvalue weighted by atomic mass is 79.9. The monoisotopic (exact) mass is 231 g/mol. The molecule has 12 heavy (non-hydrogen) atoms. The Morgan fingerprint density at radius 1 is 1.33 bits per heavy atom. The van der Waals surface area contributed by atoms with Gasteiger partial charge in [0.2, 0.25) is 0 Å². The van der Waals surface area contributed by atoms with Crippen molar-refractivity contribution < 1.29 is 4.39 Å². The van der Waals surface area contributed by atoms with Crippen LogP contribution in [0.5, 0.6) is 0 Å². The summed E-state index contributed by atoms with van der Waals surface area (Å²) < 4.78 is 12.8. The van der Waals surface area contributed by atoms with Crippen molar-refractivity contribution in [3.05, 3.63) is 28.7 Å². The fraction of sp³-hybridized carbons (Fsp3) is 0.333. The predicted molar refractivity (Wildman–Crippen MR) is 53.2 cm³/mol. The van der Waals surface area contributed by atoms with Crippen LogP contribution in [0.4, 0.5) is 10.1 Å². The first-order valence-electron chi connectivity index (χ1n) is 3.89. The third-order valence-electron chi connectivity index (χ3n) is 1.50. The van der Waals surface area contributed by atoms with Gasteiger partial charge in [-0.15, -0.1) is 0 Å². The summed E-state index contributed by atoms with van der Waals surface area (Å²) in [5, 5.41) is 3.13. The zero-order chi connectivity index (χ0) is 8.81. The average Bonchev–Trinajstić information content (AvgIpc) is 2.09. The third-order valence-corrected chi connectivity index (χ3v) is 2.19. The zero-order valence-corrected chi connectivity index (χ0v) is 8.27. The van der Waals surface area contributed by atoms with Crippen LogP contribution in [0, 0.1) is 0 Å². The number of anilines is 1. The molecule has 0 fully saturated rings. The van der Waals surface area contributed by atoms with Crippen LogP contribution >= 0.6 is 15.9 Å². The van der Waals surface area contributed by atoms with E-state index >= 15 is 0 Å². The van der Waals surface area contributed by atoms with Crippen LogP contribution in [-0.4, -0.2) is 13.2 Å². The molecule has 3 heteroatoms. The summed E-state index contributed by atoms with van der Waals surface area (Å²) in [6.07, 6.45) is 0.557. The number of nitrogens with one attached hydrogen (secondary N) is 1.